The molecule has 2 heterocycles. The third-order valence-electron chi connectivity index (χ3n) is 7.03. The van der Waals surface area contributed by atoms with E-state index >= 15 is 0 Å². The van der Waals surface area contributed by atoms with Crippen LogP contribution in [0.15, 0.2) is 42.5 Å². The van der Waals surface area contributed by atoms with Crippen molar-refractivity contribution >= 4 is 17.3 Å². The normalized spacial score (nSPS) is 24.3. The summed E-state index contributed by atoms with van der Waals surface area (Å²) < 4.78 is 32.0. The molecule has 0 amide bonds. The van der Waals surface area contributed by atoms with Crippen molar-refractivity contribution in [2.75, 3.05) is 36.5 Å². The molecule has 36 heavy (non-hydrogen) atoms. The zero-order valence-electron chi connectivity index (χ0n) is 21.5. The van der Waals surface area contributed by atoms with Crippen LogP contribution >= 0.6 is 0 Å². The molecule has 4 rings (SSSR count). The summed E-state index contributed by atoms with van der Waals surface area (Å²) in [6.45, 7) is 8.18. The molecule has 1 N–H and O–H groups in total. The topological polar surface area (TPSA) is 71.5 Å². The molecule has 2 aromatic rings. The van der Waals surface area contributed by atoms with E-state index in [-0.39, 0.29) is 42.5 Å². The highest BCUT2D eigenvalue weighted by atomic mass is 19.1. The van der Waals surface area contributed by atoms with E-state index in [1.807, 2.05) is 38.1 Å². The van der Waals surface area contributed by atoms with Gasteiger partial charge in [0.25, 0.3) is 0 Å². The molecule has 8 heteroatoms. The quantitative estimate of drug-likeness (QED) is 0.521. The van der Waals surface area contributed by atoms with Crippen LogP contribution in [-0.4, -0.2) is 62.2 Å². The van der Waals surface area contributed by atoms with Crippen LogP contribution in [-0.2, 0) is 9.53 Å². The van der Waals surface area contributed by atoms with E-state index < -0.39 is 5.97 Å². The number of rotatable bonds is 9. The average molecular weight is 501 g/mol. The van der Waals surface area contributed by atoms with Gasteiger partial charge in [-0.1, -0.05) is 6.92 Å². The summed E-state index contributed by atoms with van der Waals surface area (Å²) in [5.41, 5.74) is 1.53. The number of carboxylic acids is 1. The molecule has 2 aliphatic rings. The number of benzene rings is 2. The van der Waals surface area contributed by atoms with Crippen LogP contribution in [0, 0.1) is 11.7 Å². The molecule has 2 fully saturated rings. The lowest BCUT2D eigenvalue weighted by Gasteiger charge is -2.38. The number of nitrogens with zero attached hydrogens (tertiary/aromatic N) is 2. The van der Waals surface area contributed by atoms with E-state index in [1.165, 1.54) is 6.07 Å². The molecule has 196 valence electrons. The monoisotopic (exact) mass is 500 g/mol. The standard InChI is InChI=1S/C28H37FN2O5/c1-18(2)35-24-13-21(14-28(32)33)31(17-24)20-5-7-22(8-6-20)36-27-11-12-30(16-19(27)3)26-15-23(34-4)9-10-25(26)29/h5-10,15,18-19,21,24,27H,11-14,16-17H2,1-4H3,(H,32,33)/t19?,21-,24-,27?/m1/s1. The van der Waals surface area contributed by atoms with Gasteiger partial charge in [-0.05, 0) is 56.7 Å². The first kappa shape index (κ1) is 26.1. The first-order valence-corrected chi connectivity index (χ1v) is 12.7. The lowest BCUT2D eigenvalue weighted by molar-refractivity contribution is -0.137. The molecule has 2 aromatic carbocycles. The lowest BCUT2D eigenvalue weighted by Crippen LogP contribution is -2.44. The Hall–Kier alpha value is -3.00. The Morgan fingerprint density at radius 1 is 1.14 bits per heavy atom. The molecule has 2 saturated heterocycles. The Labute approximate surface area is 212 Å². The minimum absolute atomic E-state index is 0.0192. The SMILES string of the molecule is COc1ccc(F)c(N2CCC(Oc3ccc(N4C[C@H](OC(C)C)C[C@@H]4CC(=O)O)cc3)C(C)C2)c1. The largest absolute Gasteiger partial charge is 0.497 e. The van der Waals surface area contributed by atoms with Crippen molar-refractivity contribution in [3.05, 3.63) is 48.3 Å². The molecular weight excluding hydrogens is 463 g/mol. The summed E-state index contributed by atoms with van der Waals surface area (Å²) in [5, 5.41) is 9.37. The maximum atomic E-state index is 14.4. The second-order valence-corrected chi connectivity index (χ2v) is 10.1. The van der Waals surface area contributed by atoms with E-state index in [0.717, 1.165) is 17.9 Å². The van der Waals surface area contributed by atoms with Crippen LogP contribution in [0.1, 0.15) is 40.0 Å². The molecule has 4 atom stereocenters. The molecule has 0 radical (unpaired) electrons. The molecule has 2 unspecified atom stereocenters. The van der Waals surface area contributed by atoms with Crippen LogP contribution in [0.5, 0.6) is 11.5 Å². The highest BCUT2D eigenvalue weighted by molar-refractivity contribution is 5.69. The van der Waals surface area contributed by atoms with E-state index in [1.54, 1.807) is 19.2 Å². The van der Waals surface area contributed by atoms with E-state index in [4.69, 9.17) is 14.2 Å². The zero-order valence-corrected chi connectivity index (χ0v) is 21.5. The summed E-state index contributed by atoms with van der Waals surface area (Å²) in [4.78, 5) is 15.6. The van der Waals surface area contributed by atoms with Gasteiger partial charge in [-0.2, -0.15) is 0 Å². The summed E-state index contributed by atoms with van der Waals surface area (Å²) in [6, 6.07) is 12.6. The maximum absolute atomic E-state index is 14.4. The number of anilines is 2. The van der Waals surface area contributed by atoms with E-state index in [9.17, 15) is 14.3 Å². The maximum Gasteiger partial charge on any atom is 0.305 e. The smallest absolute Gasteiger partial charge is 0.305 e. The summed E-state index contributed by atoms with van der Waals surface area (Å²) in [6.07, 6.45) is 1.71. The fourth-order valence-corrected chi connectivity index (χ4v) is 5.34. The van der Waals surface area contributed by atoms with Gasteiger partial charge in [0.1, 0.15) is 23.4 Å². The van der Waals surface area contributed by atoms with Crippen molar-refractivity contribution in [2.24, 2.45) is 5.92 Å². The first-order valence-electron chi connectivity index (χ1n) is 12.7. The number of aliphatic carboxylic acids is 1. The van der Waals surface area contributed by atoms with Crippen molar-refractivity contribution in [1.82, 2.24) is 0 Å². The number of halogens is 1. The predicted octanol–water partition coefficient (Wildman–Crippen LogP) is 4.98. The van der Waals surface area contributed by atoms with Crippen molar-refractivity contribution in [3.8, 4) is 11.5 Å². The van der Waals surface area contributed by atoms with Gasteiger partial charge < -0.3 is 29.1 Å². The van der Waals surface area contributed by atoms with Crippen LogP contribution in [0.3, 0.4) is 0 Å². The Morgan fingerprint density at radius 2 is 1.86 bits per heavy atom. The van der Waals surface area contributed by atoms with Crippen molar-refractivity contribution in [1.29, 1.82) is 0 Å². The molecule has 0 saturated carbocycles. The van der Waals surface area contributed by atoms with Crippen LogP contribution in [0.25, 0.3) is 0 Å². The fraction of sp³-hybridized carbons (Fsp3) is 0.536. The Kier molecular flexibility index (Phi) is 8.24. The highest BCUT2D eigenvalue weighted by Gasteiger charge is 2.35. The number of ether oxygens (including phenoxy) is 3. The predicted molar refractivity (Wildman–Crippen MR) is 138 cm³/mol. The van der Waals surface area contributed by atoms with Gasteiger partial charge >= 0.3 is 5.97 Å². The molecule has 2 aliphatic heterocycles. The van der Waals surface area contributed by atoms with Gasteiger partial charge in [0.05, 0.1) is 31.4 Å². The molecule has 7 nitrogen and oxygen atoms in total. The van der Waals surface area contributed by atoms with Gasteiger partial charge in [0.2, 0.25) is 0 Å². The number of carbonyl (C=O) groups is 1. The van der Waals surface area contributed by atoms with E-state index in [0.29, 0.717) is 37.5 Å². The second-order valence-electron chi connectivity index (χ2n) is 10.1. The first-order chi connectivity index (χ1) is 17.2. The van der Waals surface area contributed by atoms with Crippen LogP contribution in [0.4, 0.5) is 15.8 Å². The Balaban J connectivity index is 1.38. The molecule has 0 spiro atoms. The number of methoxy groups -OCH3 is 1. The van der Waals surface area contributed by atoms with Crippen molar-refractivity contribution < 1.29 is 28.5 Å². The third kappa shape index (κ3) is 6.22. The van der Waals surface area contributed by atoms with Gasteiger partial charge in [-0.15, -0.1) is 0 Å². The fourth-order valence-electron chi connectivity index (χ4n) is 5.34. The molecule has 0 aromatic heterocycles. The summed E-state index contributed by atoms with van der Waals surface area (Å²) in [7, 11) is 1.58. The minimum atomic E-state index is -0.802. The van der Waals surface area contributed by atoms with Gasteiger partial charge in [0, 0.05) is 49.8 Å². The van der Waals surface area contributed by atoms with Crippen molar-refractivity contribution in [2.45, 2.75) is 64.4 Å². The minimum Gasteiger partial charge on any atom is -0.497 e. The number of piperidine rings is 1. The Bertz CT molecular complexity index is 1030. The average Bonchev–Trinajstić information content (AvgIpc) is 3.21. The van der Waals surface area contributed by atoms with Crippen LogP contribution in [0.2, 0.25) is 0 Å². The molecular formula is C28H37FN2O5. The van der Waals surface area contributed by atoms with Crippen LogP contribution < -0.4 is 19.3 Å². The van der Waals surface area contributed by atoms with Crippen molar-refractivity contribution in [3.63, 3.8) is 0 Å². The van der Waals surface area contributed by atoms with E-state index in [2.05, 4.69) is 16.7 Å². The number of hydrogen-bond acceptors (Lipinski definition) is 6. The Morgan fingerprint density at radius 3 is 2.50 bits per heavy atom. The molecule has 0 bridgehead atoms. The second kappa shape index (κ2) is 11.4. The number of hydrogen-bond donors (Lipinski definition) is 1. The molecule has 0 aliphatic carbocycles. The van der Waals surface area contributed by atoms with Gasteiger partial charge in [0.15, 0.2) is 0 Å². The summed E-state index contributed by atoms with van der Waals surface area (Å²) >= 11 is 0. The van der Waals surface area contributed by atoms with Gasteiger partial charge in [-0.3, -0.25) is 4.79 Å². The third-order valence-corrected chi connectivity index (χ3v) is 7.03. The summed E-state index contributed by atoms with van der Waals surface area (Å²) in [5.74, 6) is 0.576. The lowest BCUT2D eigenvalue weighted by atomic mass is 9.95. The number of carboxylic acid groups (broad SMARTS) is 1. The highest BCUT2D eigenvalue weighted by Crippen LogP contribution is 2.33. The van der Waals surface area contributed by atoms with Gasteiger partial charge in [-0.25, -0.2) is 4.39 Å². The zero-order chi connectivity index (χ0) is 25.8.